The van der Waals surface area contributed by atoms with E-state index in [1.165, 1.54) is 10.2 Å². The monoisotopic (exact) mass is 286 g/mol. The summed E-state index contributed by atoms with van der Waals surface area (Å²) in [5.74, 6) is -0.638. The van der Waals surface area contributed by atoms with Crippen LogP contribution in [-0.4, -0.2) is 16.4 Å². The number of thiophene rings is 1. The SMILES string of the molecule is CCn1c2cc(C(=O)N=C(N)N)ccc2c2sccc21. The lowest BCUT2D eigenvalue weighted by Crippen LogP contribution is -2.24. The van der Waals surface area contributed by atoms with Gasteiger partial charge in [-0.2, -0.15) is 4.99 Å². The molecule has 5 nitrogen and oxygen atoms in total. The van der Waals surface area contributed by atoms with Crippen molar-refractivity contribution in [2.45, 2.75) is 13.5 Å². The van der Waals surface area contributed by atoms with Crippen LogP contribution >= 0.6 is 11.3 Å². The van der Waals surface area contributed by atoms with E-state index >= 15 is 0 Å². The van der Waals surface area contributed by atoms with Crippen LogP contribution in [0, 0.1) is 0 Å². The van der Waals surface area contributed by atoms with Crippen molar-refractivity contribution < 1.29 is 4.79 Å². The van der Waals surface area contributed by atoms with Gasteiger partial charge < -0.3 is 16.0 Å². The van der Waals surface area contributed by atoms with Gasteiger partial charge >= 0.3 is 0 Å². The largest absolute Gasteiger partial charge is 0.370 e. The Kier molecular flexibility index (Phi) is 2.94. The number of fused-ring (bicyclic) bond motifs is 3. The zero-order chi connectivity index (χ0) is 14.3. The Labute approximate surface area is 119 Å². The van der Waals surface area contributed by atoms with Crippen molar-refractivity contribution in [2.24, 2.45) is 16.5 Å². The molecule has 0 bridgehead atoms. The molecule has 3 aromatic rings. The summed E-state index contributed by atoms with van der Waals surface area (Å²) in [5.41, 5.74) is 13.2. The number of guanidine groups is 1. The van der Waals surface area contributed by atoms with Crippen molar-refractivity contribution in [3.8, 4) is 0 Å². The molecule has 2 heterocycles. The molecule has 0 saturated heterocycles. The average molecular weight is 286 g/mol. The minimum absolute atomic E-state index is 0.220. The summed E-state index contributed by atoms with van der Waals surface area (Å²) in [5, 5.41) is 3.23. The lowest BCUT2D eigenvalue weighted by atomic mass is 10.1. The minimum Gasteiger partial charge on any atom is -0.370 e. The molecule has 0 radical (unpaired) electrons. The Balaban J connectivity index is 2.25. The molecule has 0 aliphatic heterocycles. The fourth-order valence-corrected chi connectivity index (χ4v) is 3.38. The fourth-order valence-electron chi connectivity index (χ4n) is 2.45. The van der Waals surface area contributed by atoms with E-state index in [4.69, 9.17) is 11.5 Å². The van der Waals surface area contributed by atoms with Crippen LogP contribution in [0.5, 0.6) is 0 Å². The van der Waals surface area contributed by atoms with Crippen LogP contribution in [0.4, 0.5) is 0 Å². The molecule has 0 aliphatic rings. The van der Waals surface area contributed by atoms with Crippen molar-refractivity contribution in [2.75, 3.05) is 0 Å². The molecular weight excluding hydrogens is 272 g/mol. The highest BCUT2D eigenvalue weighted by Gasteiger charge is 2.13. The van der Waals surface area contributed by atoms with Gasteiger partial charge in [0.05, 0.1) is 15.7 Å². The zero-order valence-electron chi connectivity index (χ0n) is 11.0. The molecule has 2 aromatic heterocycles. The van der Waals surface area contributed by atoms with Crippen molar-refractivity contribution in [1.82, 2.24) is 4.57 Å². The van der Waals surface area contributed by atoms with Gasteiger partial charge in [-0.1, -0.05) is 6.07 Å². The third-order valence-electron chi connectivity index (χ3n) is 3.26. The van der Waals surface area contributed by atoms with Crippen molar-refractivity contribution in [3.05, 3.63) is 35.2 Å². The number of nitrogens with zero attached hydrogens (tertiary/aromatic N) is 2. The topological polar surface area (TPSA) is 86.4 Å². The van der Waals surface area contributed by atoms with Crippen molar-refractivity contribution >= 4 is 44.3 Å². The smallest absolute Gasteiger partial charge is 0.280 e. The predicted octanol–water partition coefficient (Wildman–Crippen LogP) is 2.29. The van der Waals surface area contributed by atoms with Gasteiger partial charge in [0.25, 0.3) is 5.91 Å². The molecule has 20 heavy (non-hydrogen) atoms. The number of carbonyl (C=O) groups is 1. The van der Waals surface area contributed by atoms with Crippen LogP contribution in [0.3, 0.4) is 0 Å². The van der Waals surface area contributed by atoms with E-state index < -0.39 is 5.91 Å². The molecule has 3 rings (SSSR count). The van der Waals surface area contributed by atoms with Crippen LogP contribution in [0.2, 0.25) is 0 Å². The van der Waals surface area contributed by atoms with Crippen LogP contribution < -0.4 is 11.5 Å². The number of benzene rings is 1. The maximum absolute atomic E-state index is 11.9. The van der Waals surface area contributed by atoms with Gasteiger partial charge in [-0.15, -0.1) is 11.3 Å². The number of hydrogen-bond donors (Lipinski definition) is 2. The van der Waals surface area contributed by atoms with Gasteiger partial charge in [-0.25, -0.2) is 0 Å². The maximum atomic E-state index is 11.9. The number of aryl methyl sites for hydroxylation is 1. The normalized spacial score (nSPS) is 11.1. The van der Waals surface area contributed by atoms with E-state index in [1.807, 2.05) is 12.1 Å². The van der Waals surface area contributed by atoms with E-state index in [-0.39, 0.29) is 5.96 Å². The first-order valence-electron chi connectivity index (χ1n) is 6.25. The summed E-state index contributed by atoms with van der Waals surface area (Å²) in [6.07, 6.45) is 0. The molecule has 0 spiro atoms. The maximum Gasteiger partial charge on any atom is 0.280 e. The van der Waals surface area contributed by atoms with E-state index in [1.54, 1.807) is 17.4 Å². The Morgan fingerprint density at radius 3 is 2.80 bits per heavy atom. The van der Waals surface area contributed by atoms with E-state index in [0.29, 0.717) is 5.56 Å². The Bertz CT molecular complexity index is 839. The number of hydrogen-bond acceptors (Lipinski definition) is 2. The lowest BCUT2D eigenvalue weighted by molar-refractivity contribution is 0.100. The van der Waals surface area contributed by atoms with E-state index in [0.717, 1.165) is 17.4 Å². The molecule has 0 atom stereocenters. The van der Waals surface area contributed by atoms with Crippen LogP contribution in [0.15, 0.2) is 34.6 Å². The quantitative estimate of drug-likeness (QED) is 0.559. The van der Waals surface area contributed by atoms with Crippen LogP contribution in [-0.2, 0) is 6.54 Å². The second-order valence-corrected chi connectivity index (χ2v) is 5.37. The highest BCUT2D eigenvalue weighted by molar-refractivity contribution is 7.18. The van der Waals surface area contributed by atoms with Crippen molar-refractivity contribution in [1.29, 1.82) is 0 Å². The molecule has 4 N–H and O–H groups in total. The summed E-state index contributed by atoms with van der Waals surface area (Å²) in [6, 6.07) is 7.66. The Morgan fingerprint density at radius 2 is 2.10 bits per heavy atom. The van der Waals surface area contributed by atoms with Gasteiger partial charge in [0.15, 0.2) is 5.96 Å². The number of rotatable bonds is 2. The highest BCUT2D eigenvalue weighted by Crippen LogP contribution is 2.33. The molecule has 1 aromatic carbocycles. The highest BCUT2D eigenvalue weighted by atomic mass is 32.1. The first-order valence-corrected chi connectivity index (χ1v) is 7.13. The molecule has 6 heteroatoms. The molecule has 0 unspecified atom stereocenters. The first kappa shape index (κ1) is 12.7. The summed E-state index contributed by atoms with van der Waals surface area (Å²) in [4.78, 5) is 15.5. The second-order valence-electron chi connectivity index (χ2n) is 4.45. The lowest BCUT2D eigenvalue weighted by Gasteiger charge is -2.03. The van der Waals surface area contributed by atoms with Gasteiger partial charge in [-0.05, 0) is 30.5 Å². The zero-order valence-corrected chi connectivity index (χ0v) is 11.8. The number of carbonyl (C=O) groups excluding carboxylic acids is 1. The van der Waals surface area contributed by atoms with Gasteiger partial charge in [0.1, 0.15) is 0 Å². The summed E-state index contributed by atoms with van der Waals surface area (Å²) in [7, 11) is 0. The average Bonchev–Trinajstić information content (AvgIpc) is 2.96. The van der Waals surface area contributed by atoms with Crippen LogP contribution in [0.1, 0.15) is 17.3 Å². The minimum atomic E-state index is -0.417. The Morgan fingerprint density at radius 1 is 1.30 bits per heavy atom. The summed E-state index contributed by atoms with van der Waals surface area (Å²) < 4.78 is 3.43. The third kappa shape index (κ3) is 1.85. The van der Waals surface area contributed by atoms with Crippen molar-refractivity contribution in [3.63, 3.8) is 0 Å². The molecule has 0 saturated carbocycles. The van der Waals surface area contributed by atoms with Gasteiger partial charge in [0, 0.05) is 17.5 Å². The fraction of sp³-hybridized carbons (Fsp3) is 0.143. The first-order chi connectivity index (χ1) is 9.61. The van der Waals surface area contributed by atoms with E-state index in [2.05, 4.69) is 27.9 Å². The Hall–Kier alpha value is -2.34. The second kappa shape index (κ2) is 4.64. The predicted molar refractivity (Wildman–Crippen MR) is 83.1 cm³/mol. The molecule has 0 fully saturated rings. The molecule has 0 aliphatic carbocycles. The third-order valence-corrected chi connectivity index (χ3v) is 4.20. The standard InChI is InChI=1S/C14H14N4OS/c1-2-18-10-5-6-20-12(10)9-4-3-8(7-11(9)18)13(19)17-14(15)16/h3-7H,2H2,1H3,(H4,15,16,17,19). The molecular formula is C14H14N4OS. The number of nitrogens with two attached hydrogens (primary N) is 2. The molecule has 1 amide bonds. The molecule has 102 valence electrons. The van der Waals surface area contributed by atoms with Gasteiger partial charge in [-0.3, -0.25) is 4.79 Å². The van der Waals surface area contributed by atoms with Crippen LogP contribution in [0.25, 0.3) is 21.1 Å². The number of aliphatic imine (C=N–C) groups is 1. The number of aromatic nitrogens is 1. The number of amides is 1. The summed E-state index contributed by atoms with van der Waals surface area (Å²) in [6.45, 7) is 2.93. The van der Waals surface area contributed by atoms with E-state index in [9.17, 15) is 4.79 Å². The van der Waals surface area contributed by atoms with Gasteiger partial charge in [0.2, 0.25) is 0 Å². The summed E-state index contributed by atoms with van der Waals surface area (Å²) >= 11 is 1.70.